The van der Waals surface area contributed by atoms with Gasteiger partial charge in [0.2, 0.25) is 0 Å². The molecule has 0 aliphatic carbocycles. The fourth-order valence-corrected chi connectivity index (χ4v) is 3.00. The van der Waals surface area contributed by atoms with Crippen LogP contribution < -0.4 is 9.80 Å². The maximum atomic E-state index is 12.7. The molecule has 0 bridgehead atoms. The molecule has 25 heavy (non-hydrogen) atoms. The second-order valence-corrected chi connectivity index (χ2v) is 5.85. The van der Waals surface area contributed by atoms with Crippen LogP contribution in [0.2, 0.25) is 0 Å². The van der Waals surface area contributed by atoms with E-state index in [1.165, 1.54) is 9.80 Å². The highest BCUT2D eigenvalue weighted by Crippen LogP contribution is 2.28. The number of nitrogens with zero attached hydrogens (tertiary/aromatic N) is 2. The van der Waals surface area contributed by atoms with E-state index in [4.69, 9.17) is 0 Å². The summed E-state index contributed by atoms with van der Waals surface area (Å²) in [6.45, 7) is 0.0540. The molecular weight excluding hydrogens is 312 g/mol. The largest absolute Gasteiger partial charge is 0.336 e. The van der Waals surface area contributed by atoms with Crippen LogP contribution >= 0.6 is 0 Å². The second kappa shape index (κ2) is 6.24. The quantitative estimate of drug-likeness (QED) is 0.672. The van der Waals surface area contributed by atoms with E-state index in [-0.39, 0.29) is 18.5 Å². The Bertz CT molecular complexity index is 906. The second-order valence-electron chi connectivity index (χ2n) is 5.85. The molecule has 0 unspecified atom stereocenters. The van der Waals surface area contributed by atoms with Crippen molar-refractivity contribution >= 4 is 23.3 Å². The van der Waals surface area contributed by atoms with Gasteiger partial charge in [0.1, 0.15) is 6.54 Å². The summed E-state index contributed by atoms with van der Waals surface area (Å²) in [5.74, 6) is -0.219. The van der Waals surface area contributed by atoms with E-state index in [1.807, 2.05) is 72.8 Å². The molecule has 3 aromatic carbocycles. The van der Waals surface area contributed by atoms with E-state index in [2.05, 4.69) is 0 Å². The van der Waals surface area contributed by atoms with E-state index in [9.17, 15) is 9.59 Å². The molecular formula is C21H16N2O2. The number of hydrogen-bond donors (Lipinski definition) is 0. The molecule has 0 aromatic heterocycles. The van der Waals surface area contributed by atoms with Gasteiger partial charge in [-0.05, 0) is 35.4 Å². The first-order valence-corrected chi connectivity index (χ1v) is 8.09. The van der Waals surface area contributed by atoms with Crippen molar-refractivity contribution in [3.8, 4) is 11.1 Å². The Kier molecular flexibility index (Phi) is 3.78. The SMILES string of the molecule is O=C1CN(c2ccc(-c3ccccc3)cc2)C(=O)N1c1ccccc1. The van der Waals surface area contributed by atoms with E-state index < -0.39 is 0 Å². The summed E-state index contributed by atoms with van der Waals surface area (Å²) in [4.78, 5) is 27.8. The van der Waals surface area contributed by atoms with Crippen molar-refractivity contribution in [3.05, 3.63) is 84.9 Å². The summed E-state index contributed by atoms with van der Waals surface area (Å²) < 4.78 is 0. The van der Waals surface area contributed by atoms with Crippen molar-refractivity contribution in [2.45, 2.75) is 0 Å². The number of anilines is 2. The van der Waals surface area contributed by atoms with Gasteiger partial charge in [0.05, 0.1) is 5.69 Å². The number of imide groups is 1. The van der Waals surface area contributed by atoms with E-state index in [0.717, 1.165) is 16.8 Å². The first-order chi connectivity index (χ1) is 12.2. The van der Waals surface area contributed by atoms with Crippen LogP contribution in [0.15, 0.2) is 84.9 Å². The van der Waals surface area contributed by atoms with Gasteiger partial charge in [-0.2, -0.15) is 0 Å². The summed E-state index contributed by atoms with van der Waals surface area (Å²) in [7, 11) is 0. The Hall–Kier alpha value is -3.40. The van der Waals surface area contributed by atoms with Crippen LogP contribution in [0.1, 0.15) is 0 Å². The van der Waals surface area contributed by atoms with Gasteiger partial charge in [-0.25, -0.2) is 9.69 Å². The predicted octanol–water partition coefficient (Wildman–Crippen LogP) is 4.33. The Morgan fingerprint density at radius 3 is 1.80 bits per heavy atom. The van der Waals surface area contributed by atoms with Gasteiger partial charge in [-0.3, -0.25) is 9.69 Å². The zero-order valence-corrected chi connectivity index (χ0v) is 13.5. The molecule has 4 nitrogen and oxygen atoms in total. The van der Waals surface area contributed by atoms with Crippen LogP contribution in [-0.4, -0.2) is 18.5 Å². The number of carbonyl (C=O) groups is 2. The van der Waals surface area contributed by atoms with Gasteiger partial charge in [-0.15, -0.1) is 0 Å². The highest BCUT2D eigenvalue weighted by Gasteiger charge is 2.37. The Balaban J connectivity index is 1.60. The maximum Gasteiger partial charge on any atom is 0.336 e. The Morgan fingerprint density at radius 2 is 1.16 bits per heavy atom. The normalized spacial score (nSPS) is 14.2. The molecule has 1 saturated heterocycles. The molecule has 1 aliphatic heterocycles. The molecule has 3 aromatic rings. The zero-order chi connectivity index (χ0) is 17.2. The number of carbonyl (C=O) groups excluding carboxylic acids is 2. The van der Waals surface area contributed by atoms with Crippen LogP contribution in [0.5, 0.6) is 0 Å². The minimum atomic E-state index is -0.316. The first kappa shape index (κ1) is 15.1. The number of amides is 3. The van der Waals surface area contributed by atoms with Gasteiger partial charge in [0.25, 0.3) is 5.91 Å². The lowest BCUT2D eigenvalue weighted by molar-refractivity contribution is -0.115. The fourth-order valence-electron chi connectivity index (χ4n) is 3.00. The standard InChI is InChI=1S/C21H16N2O2/c24-20-15-22(21(25)23(20)19-9-5-2-6-10-19)18-13-11-17(12-14-18)16-7-3-1-4-8-16/h1-14H,15H2. The molecule has 0 N–H and O–H groups in total. The number of rotatable bonds is 3. The summed E-state index contributed by atoms with van der Waals surface area (Å²) in [6, 6.07) is 26.4. The number of hydrogen-bond acceptors (Lipinski definition) is 2. The third-order valence-electron chi connectivity index (χ3n) is 4.27. The number of para-hydroxylation sites is 1. The minimum absolute atomic E-state index is 0.0540. The van der Waals surface area contributed by atoms with Gasteiger partial charge < -0.3 is 0 Å². The lowest BCUT2D eigenvalue weighted by Gasteiger charge is -2.17. The van der Waals surface area contributed by atoms with Crippen molar-refractivity contribution < 1.29 is 9.59 Å². The van der Waals surface area contributed by atoms with Crippen molar-refractivity contribution in [1.82, 2.24) is 0 Å². The van der Waals surface area contributed by atoms with Crippen molar-refractivity contribution in [1.29, 1.82) is 0 Å². The van der Waals surface area contributed by atoms with Gasteiger partial charge >= 0.3 is 6.03 Å². The van der Waals surface area contributed by atoms with Crippen LogP contribution in [0, 0.1) is 0 Å². The molecule has 0 radical (unpaired) electrons. The van der Waals surface area contributed by atoms with Crippen molar-refractivity contribution in [3.63, 3.8) is 0 Å². The highest BCUT2D eigenvalue weighted by molar-refractivity contribution is 6.26. The highest BCUT2D eigenvalue weighted by atomic mass is 16.2. The zero-order valence-electron chi connectivity index (χ0n) is 13.5. The summed E-state index contributed by atoms with van der Waals surface area (Å²) >= 11 is 0. The van der Waals surface area contributed by atoms with Crippen LogP contribution in [0.25, 0.3) is 11.1 Å². The molecule has 4 heteroatoms. The lowest BCUT2D eigenvalue weighted by Crippen LogP contribution is -2.32. The monoisotopic (exact) mass is 328 g/mol. The number of benzene rings is 3. The van der Waals surface area contributed by atoms with Gasteiger partial charge in [0, 0.05) is 5.69 Å². The Morgan fingerprint density at radius 1 is 0.600 bits per heavy atom. The van der Waals surface area contributed by atoms with Gasteiger partial charge in [0.15, 0.2) is 0 Å². The molecule has 3 amide bonds. The van der Waals surface area contributed by atoms with Crippen molar-refractivity contribution in [2.24, 2.45) is 0 Å². The van der Waals surface area contributed by atoms with Crippen molar-refractivity contribution in [2.75, 3.05) is 16.3 Å². The van der Waals surface area contributed by atoms with E-state index >= 15 is 0 Å². The van der Waals surface area contributed by atoms with Crippen LogP contribution in [0.4, 0.5) is 16.2 Å². The topological polar surface area (TPSA) is 40.6 Å². The molecule has 1 fully saturated rings. The Labute approximate surface area is 145 Å². The lowest BCUT2D eigenvalue weighted by atomic mass is 10.1. The maximum absolute atomic E-state index is 12.7. The molecule has 0 atom stereocenters. The predicted molar refractivity (Wildman–Crippen MR) is 98.5 cm³/mol. The molecule has 0 spiro atoms. The molecule has 122 valence electrons. The van der Waals surface area contributed by atoms with Crippen LogP contribution in [-0.2, 0) is 4.79 Å². The van der Waals surface area contributed by atoms with E-state index in [0.29, 0.717) is 5.69 Å². The summed E-state index contributed by atoms with van der Waals surface area (Å²) in [5, 5.41) is 0. The molecule has 1 aliphatic rings. The smallest absolute Gasteiger partial charge is 0.284 e. The summed E-state index contributed by atoms with van der Waals surface area (Å²) in [6.07, 6.45) is 0. The third kappa shape index (κ3) is 2.78. The van der Waals surface area contributed by atoms with Gasteiger partial charge in [-0.1, -0.05) is 60.7 Å². The van der Waals surface area contributed by atoms with Crippen LogP contribution in [0.3, 0.4) is 0 Å². The third-order valence-corrected chi connectivity index (χ3v) is 4.27. The summed E-state index contributed by atoms with van der Waals surface area (Å²) in [5.41, 5.74) is 3.50. The molecule has 4 rings (SSSR count). The molecule has 1 heterocycles. The average molecular weight is 328 g/mol. The number of urea groups is 1. The van der Waals surface area contributed by atoms with E-state index in [1.54, 1.807) is 12.1 Å². The minimum Gasteiger partial charge on any atom is -0.284 e. The fraction of sp³-hybridized carbons (Fsp3) is 0.0476. The average Bonchev–Trinajstić information content (AvgIpc) is 2.97. The molecule has 0 saturated carbocycles. The first-order valence-electron chi connectivity index (χ1n) is 8.09.